The molecule has 1 saturated carbocycles. The molecule has 2 rings (SSSR count). The summed E-state index contributed by atoms with van der Waals surface area (Å²) in [7, 11) is -0.569. The first-order valence-corrected chi connectivity index (χ1v) is 8.30. The Balaban J connectivity index is 2.21. The molecule has 1 aromatic rings. The smallest absolute Gasteiger partial charge is 0.242 e. The van der Waals surface area contributed by atoms with Gasteiger partial charge >= 0.3 is 0 Å². The van der Waals surface area contributed by atoms with Gasteiger partial charge in [0.15, 0.2) is 0 Å². The molecule has 0 unspecified atom stereocenters. The van der Waals surface area contributed by atoms with Gasteiger partial charge in [-0.2, -0.15) is 0 Å². The lowest BCUT2D eigenvalue weighted by molar-refractivity contribution is -0.129. The van der Waals surface area contributed by atoms with Gasteiger partial charge in [-0.25, -0.2) is 12.7 Å². The first kappa shape index (κ1) is 15.9. The molecule has 0 spiro atoms. The molecule has 0 aromatic heterocycles. The summed E-state index contributed by atoms with van der Waals surface area (Å²) >= 11 is 0. The molecule has 0 saturated heterocycles. The first-order chi connectivity index (χ1) is 9.82. The standard InChI is InChI=1S/C14H21N3O3S/c1-17(2)21(19,20)12-6-3-5-11(9-12)16-13(18)14(10-15)7-4-8-14/h3,5-6,9H,4,7-8,10,15H2,1-2H3,(H,16,18). The molecule has 1 aliphatic rings. The van der Waals surface area contributed by atoms with E-state index in [0.29, 0.717) is 12.2 Å². The van der Waals surface area contributed by atoms with Crippen LogP contribution < -0.4 is 11.1 Å². The molecule has 0 radical (unpaired) electrons. The summed E-state index contributed by atoms with van der Waals surface area (Å²) in [5.41, 5.74) is 5.68. The molecule has 0 aliphatic heterocycles. The summed E-state index contributed by atoms with van der Waals surface area (Å²) in [6, 6.07) is 6.26. The lowest BCUT2D eigenvalue weighted by Gasteiger charge is -2.39. The molecule has 6 nitrogen and oxygen atoms in total. The third-order valence-electron chi connectivity index (χ3n) is 4.05. The van der Waals surface area contributed by atoms with Crippen LogP contribution in [0.4, 0.5) is 5.69 Å². The first-order valence-electron chi connectivity index (χ1n) is 6.86. The lowest BCUT2D eigenvalue weighted by atomic mass is 9.68. The number of anilines is 1. The molecule has 1 aliphatic carbocycles. The summed E-state index contributed by atoms with van der Waals surface area (Å²) in [4.78, 5) is 12.4. The molecule has 0 bridgehead atoms. The number of nitrogens with one attached hydrogen (secondary N) is 1. The number of hydrogen-bond acceptors (Lipinski definition) is 4. The van der Waals surface area contributed by atoms with Crippen molar-refractivity contribution in [2.24, 2.45) is 11.1 Å². The summed E-state index contributed by atoms with van der Waals surface area (Å²) in [5.74, 6) is -0.129. The highest BCUT2D eigenvalue weighted by Crippen LogP contribution is 2.40. The summed E-state index contributed by atoms with van der Waals surface area (Å²) in [6.45, 7) is 0.314. The van der Waals surface area contributed by atoms with Crippen molar-refractivity contribution in [1.29, 1.82) is 0 Å². The number of nitrogens with zero attached hydrogens (tertiary/aromatic N) is 1. The van der Waals surface area contributed by atoms with Gasteiger partial charge in [0.25, 0.3) is 0 Å². The molecular weight excluding hydrogens is 290 g/mol. The van der Waals surface area contributed by atoms with Crippen molar-refractivity contribution < 1.29 is 13.2 Å². The van der Waals surface area contributed by atoms with Crippen LogP contribution in [0.15, 0.2) is 29.2 Å². The zero-order valence-electron chi connectivity index (χ0n) is 12.3. The van der Waals surface area contributed by atoms with E-state index < -0.39 is 15.4 Å². The van der Waals surface area contributed by atoms with E-state index in [2.05, 4.69) is 5.32 Å². The Morgan fingerprint density at radius 1 is 1.38 bits per heavy atom. The van der Waals surface area contributed by atoms with Crippen LogP contribution in [0.3, 0.4) is 0 Å². The Morgan fingerprint density at radius 2 is 2.05 bits per heavy atom. The van der Waals surface area contributed by atoms with Crippen LogP contribution >= 0.6 is 0 Å². The minimum atomic E-state index is -3.51. The van der Waals surface area contributed by atoms with Crippen molar-refractivity contribution in [1.82, 2.24) is 4.31 Å². The van der Waals surface area contributed by atoms with Gasteiger partial charge in [-0.15, -0.1) is 0 Å². The molecule has 1 amide bonds. The van der Waals surface area contributed by atoms with E-state index in [9.17, 15) is 13.2 Å². The second-order valence-electron chi connectivity index (χ2n) is 5.61. The van der Waals surface area contributed by atoms with Crippen LogP contribution in [0, 0.1) is 5.41 Å². The monoisotopic (exact) mass is 311 g/mol. The van der Waals surface area contributed by atoms with Crippen LogP contribution in [0.25, 0.3) is 0 Å². The second kappa shape index (κ2) is 5.75. The van der Waals surface area contributed by atoms with E-state index in [1.54, 1.807) is 12.1 Å². The SMILES string of the molecule is CN(C)S(=O)(=O)c1cccc(NC(=O)C2(CN)CCC2)c1. The predicted molar refractivity (Wildman–Crippen MR) is 81.3 cm³/mol. The average Bonchev–Trinajstić information content (AvgIpc) is 2.38. The summed E-state index contributed by atoms with van der Waals surface area (Å²) < 4.78 is 25.3. The Bertz CT molecular complexity index is 631. The minimum Gasteiger partial charge on any atom is -0.329 e. The highest BCUT2D eigenvalue weighted by Gasteiger charge is 2.42. The normalized spacial score (nSPS) is 17.3. The molecule has 21 heavy (non-hydrogen) atoms. The molecule has 0 atom stereocenters. The zero-order chi connectivity index (χ0) is 15.7. The second-order valence-corrected chi connectivity index (χ2v) is 7.76. The number of benzene rings is 1. The average molecular weight is 311 g/mol. The fraction of sp³-hybridized carbons (Fsp3) is 0.500. The third kappa shape index (κ3) is 2.95. The van der Waals surface area contributed by atoms with Gasteiger partial charge in [-0.05, 0) is 31.0 Å². The van der Waals surface area contributed by atoms with Crippen LogP contribution in [0.1, 0.15) is 19.3 Å². The van der Waals surface area contributed by atoms with Gasteiger partial charge in [0.1, 0.15) is 0 Å². The Kier molecular flexibility index (Phi) is 4.36. The van der Waals surface area contributed by atoms with E-state index in [-0.39, 0.29) is 10.8 Å². The number of rotatable bonds is 5. The van der Waals surface area contributed by atoms with E-state index in [4.69, 9.17) is 5.73 Å². The van der Waals surface area contributed by atoms with Crippen LogP contribution in [-0.2, 0) is 14.8 Å². The van der Waals surface area contributed by atoms with Crippen molar-refractivity contribution in [3.05, 3.63) is 24.3 Å². The number of carbonyl (C=O) groups is 1. The highest BCUT2D eigenvalue weighted by molar-refractivity contribution is 7.89. The van der Waals surface area contributed by atoms with E-state index in [0.717, 1.165) is 23.6 Å². The van der Waals surface area contributed by atoms with Crippen molar-refractivity contribution in [2.75, 3.05) is 26.0 Å². The molecule has 1 aromatic carbocycles. The van der Waals surface area contributed by atoms with Crippen molar-refractivity contribution >= 4 is 21.6 Å². The van der Waals surface area contributed by atoms with E-state index in [1.165, 1.54) is 26.2 Å². The number of amides is 1. The van der Waals surface area contributed by atoms with E-state index in [1.807, 2.05) is 0 Å². The number of nitrogens with two attached hydrogens (primary N) is 1. The van der Waals surface area contributed by atoms with Gasteiger partial charge in [0.05, 0.1) is 10.3 Å². The fourth-order valence-electron chi connectivity index (χ4n) is 2.34. The number of sulfonamides is 1. The number of carbonyl (C=O) groups excluding carboxylic acids is 1. The maximum atomic E-state index is 12.3. The topological polar surface area (TPSA) is 92.5 Å². The zero-order valence-corrected chi connectivity index (χ0v) is 13.1. The summed E-state index contributed by atoms with van der Waals surface area (Å²) in [6.07, 6.45) is 2.57. The third-order valence-corrected chi connectivity index (χ3v) is 5.86. The molecule has 3 N–H and O–H groups in total. The van der Waals surface area contributed by atoms with Crippen molar-refractivity contribution in [3.63, 3.8) is 0 Å². The Hall–Kier alpha value is -1.44. The highest BCUT2D eigenvalue weighted by atomic mass is 32.2. The van der Waals surface area contributed by atoms with E-state index >= 15 is 0 Å². The van der Waals surface area contributed by atoms with Gasteiger partial charge in [-0.3, -0.25) is 4.79 Å². The molecule has 116 valence electrons. The minimum absolute atomic E-state index is 0.129. The Labute approximate surface area is 125 Å². The molecule has 7 heteroatoms. The molecule has 0 heterocycles. The predicted octanol–water partition coefficient (Wildman–Crippen LogP) is 1.00. The number of hydrogen-bond donors (Lipinski definition) is 2. The van der Waals surface area contributed by atoms with Gasteiger partial charge < -0.3 is 11.1 Å². The fourth-order valence-corrected chi connectivity index (χ4v) is 3.28. The molecule has 1 fully saturated rings. The van der Waals surface area contributed by atoms with Crippen molar-refractivity contribution in [3.8, 4) is 0 Å². The largest absolute Gasteiger partial charge is 0.329 e. The lowest BCUT2D eigenvalue weighted by Crippen LogP contribution is -2.47. The Morgan fingerprint density at radius 3 is 2.52 bits per heavy atom. The maximum Gasteiger partial charge on any atom is 0.242 e. The van der Waals surface area contributed by atoms with Crippen LogP contribution in [0.2, 0.25) is 0 Å². The maximum absolute atomic E-state index is 12.3. The summed E-state index contributed by atoms with van der Waals surface area (Å²) in [5, 5.41) is 2.79. The van der Waals surface area contributed by atoms with Gasteiger partial charge in [0, 0.05) is 26.3 Å². The van der Waals surface area contributed by atoms with Crippen LogP contribution in [-0.4, -0.2) is 39.3 Å². The van der Waals surface area contributed by atoms with Gasteiger partial charge in [-0.1, -0.05) is 12.5 Å². The van der Waals surface area contributed by atoms with Crippen molar-refractivity contribution in [2.45, 2.75) is 24.2 Å². The van der Waals surface area contributed by atoms with Gasteiger partial charge in [0.2, 0.25) is 15.9 Å². The van der Waals surface area contributed by atoms with Crippen LogP contribution in [0.5, 0.6) is 0 Å². The quantitative estimate of drug-likeness (QED) is 0.848. The molecular formula is C14H21N3O3S.